The van der Waals surface area contributed by atoms with Crippen LogP contribution in [0.15, 0.2) is 96.6 Å². The summed E-state index contributed by atoms with van der Waals surface area (Å²) in [4.78, 5) is 33.4. The number of benzene rings is 4. The van der Waals surface area contributed by atoms with Crippen molar-refractivity contribution < 1.29 is 24.2 Å². The van der Waals surface area contributed by atoms with Crippen molar-refractivity contribution in [2.45, 2.75) is 26.5 Å². The largest absolute Gasteiger partial charge is 0.507 e. The number of nitrogens with zero attached hydrogens (tertiary/aromatic N) is 2. The van der Waals surface area contributed by atoms with Crippen LogP contribution >= 0.6 is 22.9 Å². The van der Waals surface area contributed by atoms with E-state index in [9.17, 15) is 14.7 Å². The lowest BCUT2D eigenvalue weighted by molar-refractivity contribution is -0.132. The molecule has 1 unspecified atom stereocenters. The van der Waals surface area contributed by atoms with E-state index < -0.39 is 17.7 Å². The van der Waals surface area contributed by atoms with E-state index in [-0.39, 0.29) is 11.3 Å². The molecule has 43 heavy (non-hydrogen) atoms. The fourth-order valence-electron chi connectivity index (χ4n) is 5.05. The van der Waals surface area contributed by atoms with Gasteiger partial charge in [0.15, 0.2) is 16.6 Å². The summed E-state index contributed by atoms with van der Waals surface area (Å²) in [6, 6.07) is 26.3. The Morgan fingerprint density at radius 3 is 2.47 bits per heavy atom. The van der Waals surface area contributed by atoms with Crippen molar-refractivity contribution in [3.63, 3.8) is 0 Å². The van der Waals surface area contributed by atoms with Crippen molar-refractivity contribution in [3.8, 4) is 11.5 Å². The topological polar surface area (TPSA) is 89.0 Å². The van der Waals surface area contributed by atoms with Crippen molar-refractivity contribution >= 4 is 55.7 Å². The predicted octanol–water partition coefficient (Wildman–Crippen LogP) is 7.86. The Labute approximate surface area is 257 Å². The Hall–Kier alpha value is -4.66. The van der Waals surface area contributed by atoms with Crippen molar-refractivity contribution in [1.82, 2.24) is 4.98 Å². The van der Waals surface area contributed by atoms with E-state index in [0.717, 1.165) is 15.8 Å². The van der Waals surface area contributed by atoms with Crippen molar-refractivity contribution in [3.05, 3.63) is 124 Å². The van der Waals surface area contributed by atoms with Crippen LogP contribution in [-0.4, -0.2) is 28.4 Å². The Balaban J connectivity index is 1.49. The van der Waals surface area contributed by atoms with E-state index in [1.165, 1.54) is 16.2 Å². The van der Waals surface area contributed by atoms with Gasteiger partial charge in [-0.1, -0.05) is 65.4 Å². The minimum Gasteiger partial charge on any atom is -0.507 e. The van der Waals surface area contributed by atoms with Crippen molar-refractivity contribution in [1.29, 1.82) is 0 Å². The van der Waals surface area contributed by atoms with Crippen LogP contribution < -0.4 is 14.4 Å². The summed E-state index contributed by atoms with van der Waals surface area (Å²) < 4.78 is 12.9. The van der Waals surface area contributed by atoms with E-state index in [4.69, 9.17) is 26.1 Å². The number of aliphatic hydroxyl groups is 1. The molecule has 1 aliphatic heterocycles. The standard InChI is InChI=1S/C34H27ClN2O5S/c1-3-41-27-18-23(12-16-26(27)42-19-21-7-5-4-6-8-21)30-29(31(38)22-10-13-24(35)14-11-22)32(39)33(40)37(30)34-36-25-15-9-20(2)17-28(25)43-34/h4-18,30,38H,3,19H2,1-2H3/b31-29+. The molecule has 0 spiro atoms. The third kappa shape index (κ3) is 5.59. The minimum atomic E-state index is -0.972. The third-order valence-corrected chi connectivity index (χ3v) is 8.39. The van der Waals surface area contributed by atoms with Crippen LogP contribution in [0, 0.1) is 6.92 Å². The molecule has 7 nitrogen and oxygen atoms in total. The van der Waals surface area contributed by atoms with Gasteiger partial charge in [0.25, 0.3) is 5.78 Å². The molecule has 1 saturated heterocycles. The number of carbonyl (C=O) groups is 2. The number of ketones is 1. The average Bonchev–Trinajstić information content (AvgIpc) is 3.54. The summed E-state index contributed by atoms with van der Waals surface area (Å²) in [5.74, 6) is -0.928. The summed E-state index contributed by atoms with van der Waals surface area (Å²) in [6.45, 7) is 4.55. The fraction of sp³-hybridized carbons (Fsp3) is 0.147. The first-order valence-electron chi connectivity index (χ1n) is 13.7. The molecule has 0 radical (unpaired) electrons. The SMILES string of the molecule is CCOc1cc(C2/C(=C(\O)c3ccc(Cl)cc3)C(=O)C(=O)N2c2nc3ccc(C)cc3s2)ccc1OCc1ccccc1. The number of aryl methyl sites for hydroxylation is 1. The van der Waals surface area contributed by atoms with Gasteiger partial charge in [-0.15, -0.1) is 0 Å². The molecule has 1 N–H and O–H groups in total. The second-order valence-corrected chi connectivity index (χ2v) is 11.5. The number of halogens is 1. The van der Waals surface area contributed by atoms with Gasteiger partial charge < -0.3 is 14.6 Å². The first-order chi connectivity index (χ1) is 20.8. The van der Waals surface area contributed by atoms with E-state index in [2.05, 4.69) is 0 Å². The molecule has 6 rings (SSSR count). The minimum absolute atomic E-state index is 0.0526. The zero-order chi connectivity index (χ0) is 30.1. The van der Waals surface area contributed by atoms with Crippen LogP contribution in [-0.2, 0) is 16.2 Å². The highest BCUT2D eigenvalue weighted by Gasteiger charge is 2.48. The number of ether oxygens (including phenoxy) is 2. The lowest BCUT2D eigenvalue weighted by atomic mass is 9.95. The van der Waals surface area contributed by atoms with E-state index in [0.29, 0.717) is 51.5 Å². The molecule has 1 aliphatic rings. The van der Waals surface area contributed by atoms with Crippen LogP contribution in [0.3, 0.4) is 0 Å². The quantitative estimate of drug-likeness (QED) is 0.109. The lowest BCUT2D eigenvalue weighted by Gasteiger charge is -2.24. The Kier molecular flexibility index (Phi) is 7.88. The number of hydrogen-bond donors (Lipinski definition) is 1. The normalized spacial score (nSPS) is 16.2. The lowest BCUT2D eigenvalue weighted by Crippen LogP contribution is -2.29. The van der Waals surface area contributed by atoms with Gasteiger partial charge in [-0.2, -0.15) is 0 Å². The van der Waals surface area contributed by atoms with Gasteiger partial charge in [0.2, 0.25) is 0 Å². The molecule has 0 bridgehead atoms. The Morgan fingerprint density at radius 1 is 0.953 bits per heavy atom. The second kappa shape index (κ2) is 11.9. The van der Waals surface area contributed by atoms with Crippen LogP contribution in [0.1, 0.15) is 35.2 Å². The molecule has 216 valence electrons. The summed E-state index contributed by atoms with van der Waals surface area (Å²) in [5.41, 5.74) is 3.63. The molecule has 5 aromatic rings. The molecule has 1 atom stereocenters. The molecule has 1 amide bonds. The summed E-state index contributed by atoms with van der Waals surface area (Å²) in [5, 5.41) is 12.3. The number of Topliss-reactive ketones (excluding diaryl/α,β-unsaturated/α-hetero) is 1. The number of hydrogen-bond acceptors (Lipinski definition) is 7. The monoisotopic (exact) mass is 610 g/mol. The molecular weight excluding hydrogens is 584 g/mol. The highest BCUT2D eigenvalue weighted by Crippen LogP contribution is 2.46. The highest BCUT2D eigenvalue weighted by atomic mass is 35.5. The van der Waals surface area contributed by atoms with E-state index in [1.54, 1.807) is 42.5 Å². The maximum Gasteiger partial charge on any atom is 0.301 e. The summed E-state index contributed by atoms with van der Waals surface area (Å²) in [7, 11) is 0. The maximum atomic E-state index is 13.7. The molecule has 0 aliphatic carbocycles. The molecular formula is C34H27ClN2O5S. The first-order valence-corrected chi connectivity index (χ1v) is 14.9. The van der Waals surface area contributed by atoms with E-state index in [1.807, 2.05) is 62.4 Å². The predicted molar refractivity (Wildman–Crippen MR) is 169 cm³/mol. The molecule has 0 saturated carbocycles. The molecule has 1 aromatic heterocycles. The van der Waals surface area contributed by atoms with Gasteiger partial charge in [0.1, 0.15) is 12.4 Å². The van der Waals surface area contributed by atoms with Crippen molar-refractivity contribution in [2.75, 3.05) is 11.5 Å². The summed E-state index contributed by atoms with van der Waals surface area (Å²) in [6.07, 6.45) is 0. The van der Waals surface area contributed by atoms with Gasteiger partial charge in [0, 0.05) is 10.6 Å². The maximum absolute atomic E-state index is 13.7. The molecule has 9 heteroatoms. The number of fused-ring (bicyclic) bond motifs is 1. The van der Waals surface area contributed by atoms with E-state index >= 15 is 0 Å². The number of aliphatic hydroxyl groups excluding tert-OH is 1. The number of amides is 1. The van der Waals surface area contributed by atoms with Crippen molar-refractivity contribution in [2.24, 2.45) is 0 Å². The number of carbonyl (C=O) groups excluding carboxylic acids is 2. The summed E-state index contributed by atoms with van der Waals surface area (Å²) >= 11 is 7.38. The fourth-order valence-corrected chi connectivity index (χ4v) is 6.27. The van der Waals surface area contributed by atoms with Crippen LogP contribution in [0.5, 0.6) is 11.5 Å². The number of anilines is 1. The van der Waals surface area contributed by atoms with Gasteiger partial charge in [-0.3, -0.25) is 14.5 Å². The van der Waals surface area contributed by atoms with Gasteiger partial charge in [-0.25, -0.2) is 4.98 Å². The van der Waals surface area contributed by atoms with Gasteiger partial charge in [-0.05, 0) is 79.1 Å². The zero-order valence-electron chi connectivity index (χ0n) is 23.4. The van der Waals surface area contributed by atoms with Crippen LogP contribution in [0.4, 0.5) is 5.13 Å². The first kappa shape index (κ1) is 28.5. The third-order valence-electron chi connectivity index (χ3n) is 7.12. The Morgan fingerprint density at radius 2 is 1.72 bits per heavy atom. The molecule has 2 heterocycles. The smallest absolute Gasteiger partial charge is 0.301 e. The highest BCUT2D eigenvalue weighted by molar-refractivity contribution is 7.22. The second-order valence-electron chi connectivity index (χ2n) is 10.1. The number of thiazole rings is 1. The Bertz CT molecular complexity index is 1870. The average molecular weight is 611 g/mol. The van der Waals surface area contributed by atoms with Gasteiger partial charge >= 0.3 is 5.91 Å². The number of aromatic nitrogens is 1. The van der Waals surface area contributed by atoms with Gasteiger partial charge in [0.05, 0.1) is 28.4 Å². The van der Waals surface area contributed by atoms with Crippen LogP contribution in [0.2, 0.25) is 5.02 Å². The zero-order valence-corrected chi connectivity index (χ0v) is 25.0. The molecule has 1 fully saturated rings. The molecule has 4 aromatic carbocycles. The number of rotatable bonds is 8. The van der Waals surface area contributed by atoms with Crippen LogP contribution in [0.25, 0.3) is 16.0 Å².